The van der Waals surface area contributed by atoms with Gasteiger partial charge in [0.25, 0.3) is 0 Å². The third-order valence-electron chi connectivity index (χ3n) is 3.32. The number of aryl methyl sites for hydroxylation is 1. The summed E-state index contributed by atoms with van der Waals surface area (Å²) in [5.41, 5.74) is 1.19. The van der Waals surface area contributed by atoms with Crippen molar-refractivity contribution in [2.45, 2.75) is 6.92 Å². The van der Waals surface area contributed by atoms with Crippen LogP contribution < -0.4 is 9.96 Å². The van der Waals surface area contributed by atoms with E-state index in [0.29, 0.717) is 11.0 Å². The normalized spacial score (nSPS) is 11.0. The topological polar surface area (TPSA) is 70.6 Å². The van der Waals surface area contributed by atoms with Gasteiger partial charge in [0.2, 0.25) is 0 Å². The second kappa shape index (κ2) is 5.82. The minimum atomic E-state index is -0.978. The first-order chi connectivity index (χ1) is 11.0. The first kappa shape index (κ1) is 15.2. The Balaban J connectivity index is 2.04. The van der Waals surface area contributed by atoms with Gasteiger partial charge >= 0.3 is 0 Å². The van der Waals surface area contributed by atoms with Crippen LogP contribution in [0.2, 0.25) is 0 Å². The minimum absolute atomic E-state index is 0.201. The fraction of sp³-hybridized carbons (Fsp3) is 0.133. The molecule has 2 N–H and O–H groups in total. The van der Waals surface area contributed by atoms with Gasteiger partial charge in [0.05, 0.1) is 12.5 Å². The van der Waals surface area contributed by atoms with Crippen molar-refractivity contribution in [2.24, 2.45) is 0 Å². The van der Waals surface area contributed by atoms with E-state index < -0.39 is 17.4 Å². The summed E-state index contributed by atoms with van der Waals surface area (Å²) < 4.78 is 33.7. The molecule has 0 saturated carbocycles. The number of H-pyrrole nitrogens is 1. The number of nitrogens with zero attached hydrogens (tertiary/aromatic N) is 2. The first-order valence-corrected chi connectivity index (χ1v) is 6.64. The van der Waals surface area contributed by atoms with Crippen LogP contribution in [-0.2, 0) is 4.84 Å². The lowest BCUT2D eigenvalue weighted by Crippen LogP contribution is -2.16. The van der Waals surface area contributed by atoms with Gasteiger partial charge in [-0.2, -0.15) is 0 Å². The van der Waals surface area contributed by atoms with Crippen molar-refractivity contribution >= 4 is 16.7 Å². The maximum absolute atomic E-state index is 14.1. The number of halogens is 2. The fourth-order valence-electron chi connectivity index (χ4n) is 2.24. The predicted molar refractivity (Wildman–Crippen MR) is 78.5 cm³/mol. The predicted octanol–water partition coefficient (Wildman–Crippen LogP) is 3.70. The lowest BCUT2D eigenvalue weighted by molar-refractivity contribution is -0.0112. The summed E-state index contributed by atoms with van der Waals surface area (Å²) in [6, 6.07) is 3.30. The zero-order chi connectivity index (χ0) is 16.6. The number of benzene rings is 1. The summed E-state index contributed by atoms with van der Waals surface area (Å²) in [4.78, 5) is 11.5. The van der Waals surface area contributed by atoms with E-state index in [4.69, 9.17) is 4.74 Å². The highest BCUT2D eigenvalue weighted by atomic mass is 19.1. The van der Waals surface area contributed by atoms with Crippen LogP contribution in [0.25, 0.3) is 11.0 Å². The SMILES string of the molecule is CON(O)c1cc(F)c(Oc2ccnc3[nH]cc(C)c23)c(F)c1. The van der Waals surface area contributed by atoms with E-state index in [1.807, 2.05) is 6.92 Å². The maximum atomic E-state index is 14.1. The zero-order valence-corrected chi connectivity index (χ0v) is 12.3. The highest BCUT2D eigenvalue weighted by molar-refractivity contribution is 5.86. The number of ether oxygens (including phenoxy) is 1. The van der Waals surface area contributed by atoms with E-state index >= 15 is 0 Å². The molecule has 6 nitrogen and oxygen atoms in total. The summed E-state index contributed by atoms with van der Waals surface area (Å²) in [6.45, 7) is 1.82. The molecule has 0 radical (unpaired) electrons. The number of nitrogens with one attached hydrogen (secondary N) is 1. The molecular weight excluding hydrogens is 308 g/mol. The molecule has 8 heteroatoms. The lowest BCUT2D eigenvalue weighted by atomic mass is 10.2. The van der Waals surface area contributed by atoms with E-state index in [1.165, 1.54) is 12.3 Å². The van der Waals surface area contributed by atoms with Gasteiger partial charge in [-0.15, -0.1) is 5.23 Å². The smallest absolute Gasteiger partial charge is 0.198 e. The second-order valence-electron chi connectivity index (χ2n) is 4.80. The number of hydrogen-bond acceptors (Lipinski definition) is 5. The van der Waals surface area contributed by atoms with Gasteiger partial charge in [-0.3, -0.25) is 10.0 Å². The second-order valence-corrected chi connectivity index (χ2v) is 4.80. The molecule has 0 saturated heterocycles. The molecule has 0 atom stereocenters. The van der Waals surface area contributed by atoms with Gasteiger partial charge in [0.1, 0.15) is 17.1 Å². The van der Waals surface area contributed by atoms with Crippen molar-refractivity contribution < 1.29 is 23.6 Å². The fourth-order valence-corrected chi connectivity index (χ4v) is 2.24. The summed E-state index contributed by atoms with van der Waals surface area (Å²) in [5.74, 6) is -2.26. The van der Waals surface area contributed by atoms with Crippen LogP contribution in [0.3, 0.4) is 0 Å². The van der Waals surface area contributed by atoms with Crippen molar-refractivity contribution in [2.75, 3.05) is 12.3 Å². The molecule has 120 valence electrons. The van der Waals surface area contributed by atoms with E-state index in [-0.39, 0.29) is 16.7 Å². The molecule has 0 aliphatic carbocycles. The number of fused-ring (bicyclic) bond motifs is 1. The minimum Gasteiger partial charge on any atom is -0.450 e. The van der Waals surface area contributed by atoms with Crippen molar-refractivity contribution in [3.05, 3.63) is 47.8 Å². The highest BCUT2D eigenvalue weighted by Crippen LogP contribution is 2.35. The molecule has 0 bridgehead atoms. The Morgan fingerprint density at radius 2 is 1.96 bits per heavy atom. The molecule has 2 heterocycles. The molecule has 0 spiro atoms. The monoisotopic (exact) mass is 321 g/mol. The van der Waals surface area contributed by atoms with Crippen LogP contribution in [0.4, 0.5) is 14.5 Å². The van der Waals surface area contributed by atoms with Crippen LogP contribution in [-0.4, -0.2) is 22.3 Å². The lowest BCUT2D eigenvalue weighted by Gasteiger charge is -2.15. The van der Waals surface area contributed by atoms with Gasteiger partial charge in [0, 0.05) is 24.5 Å². The van der Waals surface area contributed by atoms with Crippen molar-refractivity contribution in [1.29, 1.82) is 0 Å². The van der Waals surface area contributed by atoms with Crippen LogP contribution >= 0.6 is 0 Å². The van der Waals surface area contributed by atoms with Gasteiger partial charge in [0.15, 0.2) is 17.4 Å². The molecule has 23 heavy (non-hydrogen) atoms. The Labute approximate surface area is 129 Å². The van der Waals surface area contributed by atoms with Gasteiger partial charge in [-0.05, 0) is 18.6 Å². The van der Waals surface area contributed by atoms with Crippen molar-refractivity contribution in [3.8, 4) is 11.5 Å². The van der Waals surface area contributed by atoms with Gasteiger partial charge in [-0.25, -0.2) is 13.8 Å². The highest BCUT2D eigenvalue weighted by Gasteiger charge is 2.18. The summed E-state index contributed by atoms with van der Waals surface area (Å²) in [7, 11) is 1.16. The average Bonchev–Trinajstić information content (AvgIpc) is 2.92. The molecule has 0 unspecified atom stereocenters. The molecule has 0 fully saturated rings. The maximum Gasteiger partial charge on any atom is 0.198 e. The summed E-state index contributed by atoms with van der Waals surface area (Å²) >= 11 is 0. The zero-order valence-electron chi connectivity index (χ0n) is 12.3. The first-order valence-electron chi connectivity index (χ1n) is 6.64. The molecular formula is C15H13F2N3O3. The van der Waals surface area contributed by atoms with Crippen molar-refractivity contribution in [3.63, 3.8) is 0 Å². The van der Waals surface area contributed by atoms with Crippen LogP contribution in [0.5, 0.6) is 11.5 Å². The Hall–Kier alpha value is -2.71. The number of aromatic amines is 1. The molecule has 0 amide bonds. The third kappa shape index (κ3) is 2.69. The van der Waals surface area contributed by atoms with Crippen LogP contribution in [0.1, 0.15) is 5.56 Å². The summed E-state index contributed by atoms with van der Waals surface area (Å²) in [5, 5.41) is 10.2. The molecule has 2 aromatic heterocycles. The Kier molecular flexibility index (Phi) is 3.85. The van der Waals surface area contributed by atoms with Gasteiger partial charge in [-0.1, -0.05) is 0 Å². The number of aromatic nitrogens is 2. The number of anilines is 1. The Morgan fingerprint density at radius 3 is 2.61 bits per heavy atom. The quantitative estimate of drug-likeness (QED) is 0.717. The largest absolute Gasteiger partial charge is 0.450 e. The van der Waals surface area contributed by atoms with Gasteiger partial charge < -0.3 is 9.72 Å². The molecule has 3 rings (SSSR count). The average molecular weight is 321 g/mol. The Bertz CT molecular complexity index is 843. The van der Waals surface area contributed by atoms with E-state index in [0.717, 1.165) is 24.8 Å². The molecule has 0 aliphatic heterocycles. The standard InChI is InChI=1S/C15H13F2N3O3/c1-8-7-19-15-13(8)12(3-4-18-15)23-14-10(16)5-9(6-11(14)17)20(21)22-2/h3-7,21H,1-2H3,(H,18,19). The molecule has 3 aromatic rings. The number of pyridine rings is 1. The van der Waals surface area contributed by atoms with E-state index in [2.05, 4.69) is 14.8 Å². The number of hydrogen-bond donors (Lipinski definition) is 2. The van der Waals surface area contributed by atoms with Crippen molar-refractivity contribution in [1.82, 2.24) is 9.97 Å². The third-order valence-corrected chi connectivity index (χ3v) is 3.32. The van der Waals surface area contributed by atoms with Crippen LogP contribution in [0.15, 0.2) is 30.6 Å². The molecule has 1 aromatic carbocycles. The van der Waals surface area contributed by atoms with E-state index in [1.54, 1.807) is 6.20 Å². The van der Waals surface area contributed by atoms with E-state index in [9.17, 15) is 14.0 Å². The number of rotatable bonds is 4. The Morgan fingerprint density at radius 1 is 1.26 bits per heavy atom. The summed E-state index contributed by atoms with van der Waals surface area (Å²) in [6.07, 6.45) is 3.20. The molecule has 0 aliphatic rings. The van der Waals surface area contributed by atoms with Crippen LogP contribution in [0, 0.1) is 18.6 Å².